The molecule has 1 aliphatic carbocycles. The van der Waals surface area contributed by atoms with Crippen molar-refractivity contribution >= 4 is 22.6 Å². The monoisotopic (exact) mass is 587 g/mol. The molecule has 2 atom stereocenters. The maximum absolute atomic E-state index is 16.5. The molecular formula is C32H35F2N7O2. The molecule has 2 aliphatic heterocycles. The zero-order chi connectivity index (χ0) is 30.1. The van der Waals surface area contributed by atoms with Gasteiger partial charge in [-0.25, -0.2) is 15.4 Å². The second-order valence-electron chi connectivity index (χ2n) is 11.5. The predicted octanol–water partition coefficient (Wildman–Crippen LogP) is 4.44. The number of piperazine rings is 1. The number of hydrogen-bond donors (Lipinski definition) is 0. The first-order chi connectivity index (χ1) is 20.9. The Balaban J connectivity index is 1.43. The van der Waals surface area contributed by atoms with Crippen LogP contribution in [0.2, 0.25) is 0 Å². The first kappa shape index (κ1) is 28.9. The predicted molar refractivity (Wildman–Crippen MR) is 160 cm³/mol. The Morgan fingerprint density at radius 3 is 2.70 bits per heavy atom. The Morgan fingerprint density at radius 2 is 1.95 bits per heavy atom. The smallest absolute Gasteiger partial charge is 0.319 e. The molecule has 0 spiro atoms. The highest BCUT2D eigenvalue weighted by atomic mass is 19.1. The third kappa shape index (κ3) is 5.52. The number of halogens is 2. The number of anilines is 1. The minimum absolute atomic E-state index is 0.0614. The lowest BCUT2D eigenvalue weighted by molar-refractivity contribution is -0.128. The van der Waals surface area contributed by atoms with Crippen LogP contribution in [0.1, 0.15) is 36.8 Å². The minimum Gasteiger partial charge on any atom is -0.462 e. The van der Waals surface area contributed by atoms with E-state index in [1.165, 1.54) is 12.1 Å². The van der Waals surface area contributed by atoms with E-state index >= 15 is 4.39 Å². The molecule has 4 heterocycles. The fourth-order valence-corrected chi connectivity index (χ4v) is 6.64. The fourth-order valence-electron chi connectivity index (χ4n) is 6.64. The number of pyridine rings is 1. The molecule has 3 aromatic rings. The van der Waals surface area contributed by atoms with Crippen LogP contribution < -0.4 is 9.64 Å². The van der Waals surface area contributed by atoms with Crippen LogP contribution in [-0.2, 0) is 17.6 Å². The van der Waals surface area contributed by atoms with Gasteiger partial charge >= 0.3 is 6.01 Å². The third-order valence-corrected chi connectivity index (χ3v) is 8.99. The Kier molecular flexibility index (Phi) is 8.21. The van der Waals surface area contributed by atoms with E-state index in [1.54, 1.807) is 17.2 Å². The van der Waals surface area contributed by atoms with Gasteiger partial charge in [-0.1, -0.05) is 6.58 Å². The number of benzene rings is 1. The van der Waals surface area contributed by atoms with Crippen LogP contribution in [-0.4, -0.2) is 89.1 Å². The summed E-state index contributed by atoms with van der Waals surface area (Å²) in [6, 6.07) is 2.89. The van der Waals surface area contributed by atoms with Gasteiger partial charge in [0.1, 0.15) is 35.5 Å². The molecule has 0 radical (unpaired) electrons. The van der Waals surface area contributed by atoms with Crippen LogP contribution in [0.5, 0.6) is 6.01 Å². The van der Waals surface area contributed by atoms with Crippen molar-refractivity contribution in [2.24, 2.45) is 0 Å². The standard InChI is InChI=1S/C32H35F2N7O2/c1-4-27(42)41-15-14-40(18-21(41)16-35-2)31-25-17-36-29(24-11-12-26(33)23-10-6-5-9-22(23)24)28(34)30(25)37-32(38-31)43-19-20-8-7-13-39(20)3/h4,11-12,17,20-21H,1,5-10,13-16,18-19H2,3H3/t20-,21-/m0/s1. The van der Waals surface area contributed by atoms with Crippen LogP contribution in [0.3, 0.4) is 0 Å². The number of fused-ring (bicyclic) bond motifs is 2. The summed E-state index contributed by atoms with van der Waals surface area (Å²) in [5.41, 5.74) is 2.22. The van der Waals surface area contributed by atoms with Crippen molar-refractivity contribution < 1.29 is 18.3 Å². The van der Waals surface area contributed by atoms with Crippen molar-refractivity contribution in [2.45, 2.75) is 50.6 Å². The molecule has 2 fully saturated rings. The number of ether oxygens (including phenoxy) is 1. The number of carbonyl (C=O) groups is 1. The van der Waals surface area contributed by atoms with Crippen molar-refractivity contribution in [1.29, 1.82) is 0 Å². The van der Waals surface area contributed by atoms with E-state index in [0.717, 1.165) is 37.8 Å². The van der Waals surface area contributed by atoms with Crippen molar-refractivity contribution in [2.75, 3.05) is 51.3 Å². The Bertz CT molecular complexity index is 1610. The molecule has 9 nitrogen and oxygen atoms in total. The number of rotatable bonds is 7. The van der Waals surface area contributed by atoms with Crippen molar-refractivity contribution in [3.63, 3.8) is 0 Å². The Labute approximate surface area is 250 Å². The Hall–Kier alpha value is -4.17. The highest BCUT2D eigenvalue weighted by Crippen LogP contribution is 2.37. The van der Waals surface area contributed by atoms with E-state index in [-0.39, 0.29) is 47.6 Å². The van der Waals surface area contributed by atoms with Gasteiger partial charge < -0.3 is 24.3 Å². The topological polar surface area (TPSA) is 79.1 Å². The van der Waals surface area contributed by atoms with Gasteiger partial charge in [0.25, 0.3) is 0 Å². The SMILES string of the molecule is [C-]#[N+]C[C@H]1CN(c2nc(OC[C@@H]3CCCN3C)nc3c(F)c(-c4ccc(F)c5c4CCCC5)ncc23)CCN1C(=O)C=C. The zero-order valence-corrected chi connectivity index (χ0v) is 24.4. The number of amides is 1. The molecule has 0 saturated carbocycles. The zero-order valence-electron chi connectivity index (χ0n) is 24.4. The van der Waals surface area contributed by atoms with E-state index in [1.807, 2.05) is 4.90 Å². The summed E-state index contributed by atoms with van der Waals surface area (Å²) < 4.78 is 37.3. The molecule has 1 amide bonds. The number of nitrogens with zero attached hydrogens (tertiary/aromatic N) is 7. The minimum atomic E-state index is -0.610. The lowest BCUT2D eigenvalue weighted by Gasteiger charge is -2.39. The first-order valence-electron chi connectivity index (χ1n) is 14.9. The average molecular weight is 588 g/mol. The summed E-state index contributed by atoms with van der Waals surface area (Å²) in [7, 11) is 2.05. The summed E-state index contributed by atoms with van der Waals surface area (Å²) in [6.45, 7) is 13.6. The van der Waals surface area contributed by atoms with Gasteiger partial charge in [0.2, 0.25) is 12.5 Å². The quantitative estimate of drug-likeness (QED) is 0.299. The largest absolute Gasteiger partial charge is 0.462 e. The summed E-state index contributed by atoms with van der Waals surface area (Å²) in [6.07, 6.45) is 7.99. The maximum Gasteiger partial charge on any atom is 0.319 e. The molecule has 0 unspecified atom stereocenters. The normalized spacial score (nSPS) is 20.6. The van der Waals surface area contributed by atoms with Crippen LogP contribution >= 0.6 is 0 Å². The van der Waals surface area contributed by atoms with Crippen LogP contribution in [0, 0.1) is 18.2 Å². The third-order valence-electron chi connectivity index (χ3n) is 8.99. The van der Waals surface area contributed by atoms with Gasteiger partial charge in [0.15, 0.2) is 5.82 Å². The van der Waals surface area contributed by atoms with E-state index < -0.39 is 5.82 Å². The van der Waals surface area contributed by atoms with Gasteiger partial charge in [0.05, 0.1) is 5.39 Å². The van der Waals surface area contributed by atoms with Crippen LogP contribution in [0.25, 0.3) is 27.0 Å². The van der Waals surface area contributed by atoms with E-state index in [2.05, 4.69) is 33.3 Å². The maximum atomic E-state index is 16.5. The summed E-state index contributed by atoms with van der Waals surface area (Å²) in [5, 5.41) is 0.410. The number of likely N-dealkylation sites (N-methyl/N-ethyl adjacent to an activating group) is 1. The molecular weight excluding hydrogens is 552 g/mol. The molecule has 3 aliphatic rings. The molecule has 6 rings (SSSR count). The van der Waals surface area contributed by atoms with Gasteiger partial charge in [0, 0.05) is 37.4 Å². The lowest BCUT2D eigenvalue weighted by Crippen LogP contribution is -2.56. The molecule has 224 valence electrons. The summed E-state index contributed by atoms with van der Waals surface area (Å²) in [5.74, 6) is -0.661. The molecule has 2 aromatic heterocycles. The average Bonchev–Trinajstić information content (AvgIpc) is 3.44. The highest BCUT2D eigenvalue weighted by molar-refractivity contribution is 5.92. The number of carbonyl (C=O) groups excluding carboxylic acids is 1. The van der Waals surface area contributed by atoms with Gasteiger partial charge in [-0.2, -0.15) is 9.97 Å². The van der Waals surface area contributed by atoms with Crippen molar-refractivity contribution in [3.05, 3.63) is 65.2 Å². The van der Waals surface area contributed by atoms with Crippen LogP contribution in [0.4, 0.5) is 14.6 Å². The molecule has 43 heavy (non-hydrogen) atoms. The molecule has 2 saturated heterocycles. The number of hydrogen-bond acceptors (Lipinski definition) is 7. The van der Waals surface area contributed by atoms with Crippen LogP contribution in [0.15, 0.2) is 31.0 Å². The van der Waals surface area contributed by atoms with E-state index in [0.29, 0.717) is 61.4 Å². The van der Waals surface area contributed by atoms with E-state index in [4.69, 9.17) is 16.3 Å². The first-order valence-corrected chi connectivity index (χ1v) is 14.9. The Morgan fingerprint density at radius 1 is 1.14 bits per heavy atom. The van der Waals surface area contributed by atoms with Gasteiger partial charge in [-0.15, -0.1) is 0 Å². The van der Waals surface area contributed by atoms with Crippen molar-refractivity contribution in [3.8, 4) is 17.3 Å². The second-order valence-corrected chi connectivity index (χ2v) is 11.5. The lowest BCUT2D eigenvalue weighted by atomic mass is 9.86. The second kappa shape index (κ2) is 12.2. The van der Waals surface area contributed by atoms with Gasteiger partial charge in [-0.05, 0) is 81.5 Å². The molecule has 0 bridgehead atoms. The van der Waals surface area contributed by atoms with E-state index in [9.17, 15) is 9.18 Å². The summed E-state index contributed by atoms with van der Waals surface area (Å²) >= 11 is 0. The molecule has 0 N–H and O–H groups in total. The highest BCUT2D eigenvalue weighted by Gasteiger charge is 2.34. The van der Waals surface area contributed by atoms with Crippen molar-refractivity contribution in [1.82, 2.24) is 24.8 Å². The number of likely N-dealkylation sites (tertiary alicyclic amines) is 1. The fraction of sp³-hybridized carbons (Fsp3) is 0.469. The van der Waals surface area contributed by atoms with Gasteiger partial charge in [-0.3, -0.25) is 9.78 Å². The number of aromatic nitrogens is 3. The molecule has 1 aromatic carbocycles. The molecule has 11 heteroatoms. The summed E-state index contributed by atoms with van der Waals surface area (Å²) in [4.78, 5) is 35.7.